The second-order valence-electron chi connectivity index (χ2n) is 6.29. The molecule has 3 rings (SSSR count). The Morgan fingerprint density at radius 1 is 1.00 bits per heavy atom. The summed E-state index contributed by atoms with van der Waals surface area (Å²) in [4.78, 5) is 13.0. The Hall–Kier alpha value is -2.07. The lowest BCUT2D eigenvalue weighted by Gasteiger charge is -2.33. The van der Waals surface area contributed by atoms with Crippen LogP contribution in [0.15, 0.2) is 47.4 Å². The Morgan fingerprint density at radius 2 is 1.57 bits per heavy atom. The van der Waals surface area contributed by atoms with Crippen LogP contribution >= 0.6 is 11.6 Å². The number of nitrogens with zero attached hydrogens (tertiary/aromatic N) is 2. The van der Waals surface area contributed by atoms with Crippen LogP contribution in [0.4, 0.5) is 14.5 Å². The van der Waals surface area contributed by atoms with E-state index in [9.17, 15) is 22.0 Å². The number of rotatable bonds is 5. The first kappa shape index (κ1) is 20.7. The summed E-state index contributed by atoms with van der Waals surface area (Å²) in [7, 11) is -4.28. The maximum Gasteiger partial charge on any atom is 0.249 e. The third-order valence-electron chi connectivity index (χ3n) is 4.34. The van der Waals surface area contributed by atoms with Gasteiger partial charge in [-0.1, -0.05) is 17.7 Å². The van der Waals surface area contributed by atoms with E-state index >= 15 is 0 Å². The number of halogens is 3. The number of hydrogen-bond donors (Lipinski definition) is 1. The van der Waals surface area contributed by atoms with E-state index in [0.29, 0.717) is 10.7 Å². The molecule has 10 heteroatoms. The highest BCUT2D eigenvalue weighted by Gasteiger charge is 2.33. The van der Waals surface area contributed by atoms with Gasteiger partial charge in [0.1, 0.15) is 11.6 Å². The Labute approximate surface area is 166 Å². The molecule has 0 unspecified atom stereocenters. The highest BCUT2D eigenvalue weighted by Crippen LogP contribution is 2.23. The molecule has 150 valence electrons. The lowest BCUT2D eigenvalue weighted by molar-refractivity contribution is -0.117. The largest absolute Gasteiger partial charge is 0.325 e. The van der Waals surface area contributed by atoms with Crippen molar-refractivity contribution in [2.45, 2.75) is 4.90 Å². The Morgan fingerprint density at radius 3 is 2.14 bits per heavy atom. The fourth-order valence-electron chi connectivity index (χ4n) is 2.92. The molecule has 28 heavy (non-hydrogen) atoms. The maximum atomic E-state index is 13.9. The van der Waals surface area contributed by atoms with Crippen molar-refractivity contribution in [3.63, 3.8) is 0 Å². The van der Waals surface area contributed by atoms with Crippen LogP contribution in [0.3, 0.4) is 0 Å². The molecule has 2 aromatic carbocycles. The van der Waals surface area contributed by atoms with Crippen molar-refractivity contribution < 1.29 is 22.0 Å². The standard InChI is InChI=1S/C18H18ClF2N3O3S/c19-13-4-6-14(7-5-13)22-17(25)12-23-8-10-24(11-9-23)28(26,27)18-15(20)2-1-3-16(18)21/h1-7H,8-12H2,(H,22,25). The molecule has 1 fully saturated rings. The van der Waals surface area contributed by atoms with Crippen molar-refractivity contribution in [2.75, 3.05) is 38.0 Å². The smallest absolute Gasteiger partial charge is 0.249 e. The van der Waals surface area contributed by atoms with Gasteiger partial charge in [-0.25, -0.2) is 17.2 Å². The number of anilines is 1. The lowest BCUT2D eigenvalue weighted by Crippen LogP contribution is -2.50. The molecule has 1 aliphatic rings. The van der Waals surface area contributed by atoms with Crippen LogP contribution in [-0.2, 0) is 14.8 Å². The topological polar surface area (TPSA) is 69.7 Å². The average Bonchev–Trinajstić information content (AvgIpc) is 2.64. The van der Waals surface area contributed by atoms with Gasteiger partial charge in [-0.2, -0.15) is 4.31 Å². The third-order valence-corrected chi connectivity index (χ3v) is 6.55. The number of nitrogens with one attached hydrogen (secondary N) is 1. The van der Waals surface area contributed by atoms with E-state index in [1.807, 2.05) is 0 Å². The van der Waals surface area contributed by atoms with Crippen LogP contribution < -0.4 is 5.32 Å². The first-order valence-electron chi connectivity index (χ1n) is 8.49. The lowest BCUT2D eigenvalue weighted by atomic mass is 10.3. The maximum absolute atomic E-state index is 13.9. The normalized spacial score (nSPS) is 16.1. The molecule has 0 aliphatic carbocycles. The molecule has 0 atom stereocenters. The van der Waals surface area contributed by atoms with Gasteiger partial charge >= 0.3 is 0 Å². The van der Waals surface area contributed by atoms with Crippen molar-refractivity contribution in [3.05, 3.63) is 59.1 Å². The van der Waals surface area contributed by atoms with Crippen LogP contribution in [0.2, 0.25) is 5.02 Å². The van der Waals surface area contributed by atoms with E-state index in [1.54, 1.807) is 29.2 Å². The van der Waals surface area contributed by atoms with Crippen molar-refractivity contribution in [1.82, 2.24) is 9.21 Å². The van der Waals surface area contributed by atoms with Gasteiger partial charge in [-0.3, -0.25) is 9.69 Å². The number of piperazine rings is 1. The summed E-state index contributed by atoms with van der Waals surface area (Å²) in [6.07, 6.45) is 0. The van der Waals surface area contributed by atoms with Gasteiger partial charge in [0.2, 0.25) is 15.9 Å². The summed E-state index contributed by atoms with van der Waals surface area (Å²) in [6, 6.07) is 9.59. The second-order valence-corrected chi connectivity index (χ2v) is 8.60. The van der Waals surface area contributed by atoms with Crippen molar-refractivity contribution in [1.29, 1.82) is 0 Å². The van der Waals surface area contributed by atoms with E-state index in [0.717, 1.165) is 22.5 Å². The minimum atomic E-state index is -4.28. The van der Waals surface area contributed by atoms with Crippen molar-refractivity contribution in [3.8, 4) is 0 Å². The average molecular weight is 430 g/mol. The number of carbonyl (C=O) groups is 1. The first-order valence-corrected chi connectivity index (χ1v) is 10.3. The quantitative estimate of drug-likeness (QED) is 0.793. The Bertz CT molecular complexity index is 942. The van der Waals surface area contributed by atoms with E-state index in [1.165, 1.54) is 0 Å². The van der Waals surface area contributed by atoms with Gasteiger partial charge in [0.25, 0.3) is 0 Å². The van der Waals surface area contributed by atoms with Gasteiger partial charge in [-0.05, 0) is 36.4 Å². The predicted octanol–water partition coefficient (Wildman–Crippen LogP) is 2.56. The highest BCUT2D eigenvalue weighted by atomic mass is 35.5. The molecular formula is C18H18ClF2N3O3S. The molecule has 0 spiro atoms. The molecule has 2 aromatic rings. The number of amides is 1. The summed E-state index contributed by atoms with van der Waals surface area (Å²) >= 11 is 5.80. The summed E-state index contributed by atoms with van der Waals surface area (Å²) in [5.41, 5.74) is 0.602. The molecule has 1 heterocycles. The zero-order chi connectivity index (χ0) is 20.3. The van der Waals surface area contributed by atoms with E-state index < -0.39 is 26.6 Å². The molecule has 1 N–H and O–H groups in total. The van der Waals surface area contributed by atoms with Gasteiger partial charge in [0, 0.05) is 36.9 Å². The molecule has 6 nitrogen and oxygen atoms in total. The fraction of sp³-hybridized carbons (Fsp3) is 0.278. The molecular weight excluding hydrogens is 412 g/mol. The van der Waals surface area contributed by atoms with Crippen LogP contribution in [0.25, 0.3) is 0 Å². The van der Waals surface area contributed by atoms with Crippen LogP contribution in [-0.4, -0.2) is 56.3 Å². The molecule has 0 bridgehead atoms. The minimum Gasteiger partial charge on any atom is -0.325 e. The number of carbonyl (C=O) groups excluding carboxylic acids is 1. The SMILES string of the molecule is O=C(CN1CCN(S(=O)(=O)c2c(F)cccc2F)CC1)Nc1ccc(Cl)cc1. The molecule has 1 aliphatic heterocycles. The predicted molar refractivity (Wildman–Crippen MR) is 102 cm³/mol. The molecule has 0 aromatic heterocycles. The van der Waals surface area contributed by atoms with E-state index in [2.05, 4.69) is 5.32 Å². The summed E-state index contributed by atoms with van der Waals surface area (Å²) in [5, 5.41) is 3.29. The van der Waals surface area contributed by atoms with Gasteiger partial charge in [0.15, 0.2) is 4.90 Å². The van der Waals surface area contributed by atoms with Gasteiger partial charge in [0.05, 0.1) is 6.54 Å². The van der Waals surface area contributed by atoms with E-state index in [-0.39, 0.29) is 38.6 Å². The van der Waals surface area contributed by atoms with Crippen LogP contribution in [0, 0.1) is 11.6 Å². The summed E-state index contributed by atoms with van der Waals surface area (Å²) < 4.78 is 53.9. The highest BCUT2D eigenvalue weighted by molar-refractivity contribution is 7.89. The second kappa shape index (κ2) is 8.52. The molecule has 0 saturated carbocycles. The molecule has 0 radical (unpaired) electrons. The Balaban J connectivity index is 1.58. The molecule has 1 saturated heterocycles. The number of hydrogen-bond acceptors (Lipinski definition) is 4. The van der Waals surface area contributed by atoms with Crippen LogP contribution in [0.5, 0.6) is 0 Å². The van der Waals surface area contributed by atoms with Crippen molar-refractivity contribution >= 4 is 33.2 Å². The first-order chi connectivity index (χ1) is 13.3. The number of benzene rings is 2. The fourth-order valence-corrected chi connectivity index (χ4v) is 4.58. The monoisotopic (exact) mass is 429 g/mol. The van der Waals surface area contributed by atoms with Gasteiger partial charge < -0.3 is 5.32 Å². The number of sulfonamides is 1. The third kappa shape index (κ3) is 4.67. The zero-order valence-corrected chi connectivity index (χ0v) is 16.3. The van der Waals surface area contributed by atoms with Gasteiger partial charge in [-0.15, -0.1) is 0 Å². The molecule has 1 amide bonds. The van der Waals surface area contributed by atoms with Crippen molar-refractivity contribution in [2.24, 2.45) is 0 Å². The summed E-state index contributed by atoms with van der Waals surface area (Å²) in [5.74, 6) is -2.49. The zero-order valence-electron chi connectivity index (χ0n) is 14.7. The summed E-state index contributed by atoms with van der Waals surface area (Å²) in [6.45, 7) is 0.673. The van der Waals surface area contributed by atoms with E-state index in [4.69, 9.17) is 11.6 Å². The Kier molecular flexibility index (Phi) is 6.29. The minimum absolute atomic E-state index is 0.0321. The van der Waals surface area contributed by atoms with Crippen LogP contribution in [0.1, 0.15) is 0 Å².